The van der Waals surface area contributed by atoms with Gasteiger partial charge in [-0.3, -0.25) is 0 Å². The van der Waals surface area contributed by atoms with Crippen molar-refractivity contribution in [3.05, 3.63) is 43.2 Å². The van der Waals surface area contributed by atoms with E-state index in [-0.39, 0.29) is 0 Å². The van der Waals surface area contributed by atoms with E-state index in [1.54, 1.807) is 11.6 Å². The van der Waals surface area contributed by atoms with Crippen molar-refractivity contribution in [3.63, 3.8) is 0 Å². The first-order valence-corrected chi connectivity index (χ1v) is 8.35. The summed E-state index contributed by atoms with van der Waals surface area (Å²) in [4.78, 5) is 0. The Bertz CT molecular complexity index is 426. The molecule has 0 fully saturated rings. The third-order valence-electron chi connectivity index (χ3n) is 3.23. The molecule has 0 unspecified atom stereocenters. The van der Waals surface area contributed by atoms with E-state index in [0.717, 1.165) is 0 Å². The molecule has 1 heteroatoms. The van der Waals surface area contributed by atoms with Crippen molar-refractivity contribution in [2.45, 2.75) is 40.5 Å². The zero-order valence-electron chi connectivity index (χ0n) is 10.7. The Labute approximate surface area is 105 Å². The van der Waals surface area contributed by atoms with E-state index in [0.29, 0.717) is 0 Å². The molecule has 0 saturated carbocycles. The van der Waals surface area contributed by atoms with Gasteiger partial charge >= 0.3 is 105 Å². The summed E-state index contributed by atoms with van der Waals surface area (Å²) in [5, 5.41) is 0. The molecule has 0 bridgehead atoms. The Morgan fingerprint density at radius 2 is 1.38 bits per heavy atom. The van der Waals surface area contributed by atoms with Crippen LogP contribution in [-0.2, 0) is 17.4 Å². The topological polar surface area (TPSA) is 0 Å². The number of allylic oxidation sites excluding steroid dienone is 8. The number of hydrogen-bond donors (Lipinski definition) is 0. The van der Waals surface area contributed by atoms with Crippen molar-refractivity contribution in [3.8, 4) is 0 Å². The van der Waals surface area contributed by atoms with Crippen molar-refractivity contribution >= 4 is 3.81 Å². The summed E-state index contributed by atoms with van der Waals surface area (Å²) in [6.45, 7) is 9.11. The summed E-state index contributed by atoms with van der Waals surface area (Å²) in [5.74, 6) is 0. The van der Waals surface area contributed by atoms with Crippen molar-refractivity contribution in [2.24, 2.45) is 0 Å². The molecule has 0 nitrogen and oxygen atoms in total. The average molecular weight is 248 g/mol. The van der Waals surface area contributed by atoms with Gasteiger partial charge in [-0.2, -0.15) is 0 Å². The summed E-state index contributed by atoms with van der Waals surface area (Å²) in [6, 6.07) is 0. The van der Waals surface area contributed by atoms with Gasteiger partial charge in [0.2, 0.25) is 0 Å². The average Bonchev–Trinajstić information content (AvgIpc) is 2.76. The quantitative estimate of drug-likeness (QED) is 0.639. The molecule has 0 N–H and O–H groups in total. The second kappa shape index (κ2) is 4.81. The third kappa shape index (κ3) is 2.44. The van der Waals surface area contributed by atoms with E-state index < -0.39 is 17.4 Å². The second-order valence-electron chi connectivity index (χ2n) is 5.02. The normalized spacial score (nSPS) is 19.0. The Balaban J connectivity index is 2.32. The summed E-state index contributed by atoms with van der Waals surface area (Å²) >= 11 is -1.26. The molecule has 0 aromatic heterocycles. The predicted octanol–water partition coefficient (Wildman–Crippen LogP) is 4.28. The molecule has 0 atom stereocenters. The molecule has 0 saturated heterocycles. The molecule has 16 heavy (non-hydrogen) atoms. The molecule has 0 aromatic carbocycles. The predicted molar refractivity (Wildman–Crippen MR) is 69.3 cm³/mol. The minimum absolute atomic E-state index is 1.21. The first-order chi connectivity index (χ1) is 7.58. The van der Waals surface area contributed by atoms with Gasteiger partial charge in [-0.1, -0.05) is 0 Å². The summed E-state index contributed by atoms with van der Waals surface area (Å²) < 4.78 is 5.17. The number of rotatable bonds is 2. The summed E-state index contributed by atoms with van der Waals surface area (Å²) in [6.07, 6.45) is 12.1. The van der Waals surface area contributed by atoms with Crippen molar-refractivity contribution < 1.29 is 17.4 Å². The van der Waals surface area contributed by atoms with Crippen molar-refractivity contribution in [1.29, 1.82) is 0 Å². The van der Waals surface area contributed by atoms with E-state index in [1.165, 1.54) is 24.0 Å². The second-order valence-corrected chi connectivity index (χ2v) is 9.76. The van der Waals surface area contributed by atoms with Crippen LogP contribution in [0.5, 0.6) is 0 Å². The van der Waals surface area contributed by atoms with Crippen LogP contribution in [0.4, 0.5) is 0 Å². The van der Waals surface area contributed by atoms with Crippen LogP contribution in [0, 0.1) is 0 Å². The van der Waals surface area contributed by atoms with E-state index in [2.05, 4.69) is 52.0 Å². The molecule has 0 amide bonds. The zero-order valence-corrected chi connectivity index (χ0v) is 12.3. The van der Waals surface area contributed by atoms with Crippen LogP contribution < -0.4 is 0 Å². The van der Waals surface area contributed by atoms with Gasteiger partial charge in [0.1, 0.15) is 0 Å². The molecule has 0 aromatic rings. The van der Waals surface area contributed by atoms with Crippen LogP contribution in [0.15, 0.2) is 43.2 Å². The fourth-order valence-electron chi connectivity index (χ4n) is 2.52. The van der Waals surface area contributed by atoms with Crippen molar-refractivity contribution in [1.82, 2.24) is 0 Å². The molecule has 0 heterocycles. The first kappa shape index (κ1) is 12.0. The standard InChI is InChI=1S/2C6H7.C3H6.Ti/c2*1-6-4-2-3-5-6;1-3-2;/h2*4-5H,2H2,1H3;1-2H3;. The van der Waals surface area contributed by atoms with Gasteiger partial charge in [0.05, 0.1) is 0 Å². The molecule has 0 spiro atoms. The Kier molecular flexibility index (Phi) is 3.61. The monoisotopic (exact) mass is 248 g/mol. The van der Waals surface area contributed by atoms with E-state index in [1.807, 2.05) is 0 Å². The summed E-state index contributed by atoms with van der Waals surface area (Å²) in [7, 11) is 0. The van der Waals surface area contributed by atoms with E-state index in [4.69, 9.17) is 0 Å². The molecule has 0 aliphatic heterocycles. The zero-order chi connectivity index (χ0) is 11.7. The molecule has 0 radical (unpaired) electrons. The Morgan fingerprint density at radius 1 is 0.938 bits per heavy atom. The van der Waals surface area contributed by atoms with E-state index >= 15 is 0 Å². The van der Waals surface area contributed by atoms with Crippen LogP contribution in [0.25, 0.3) is 0 Å². The van der Waals surface area contributed by atoms with Gasteiger partial charge in [-0.15, -0.1) is 0 Å². The fraction of sp³-hybridized carbons (Fsp3) is 0.400. The van der Waals surface area contributed by atoms with Gasteiger partial charge < -0.3 is 0 Å². The molecule has 84 valence electrons. The summed E-state index contributed by atoms with van der Waals surface area (Å²) in [5.41, 5.74) is 2.93. The maximum atomic E-state index is 2.44. The van der Waals surface area contributed by atoms with Crippen LogP contribution in [0.1, 0.15) is 40.5 Å². The fourth-order valence-corrected chi connectivity index (χ4v) is 7.29. The van der Waals surface area contributed by atoms with Crippen molar-refractivity contribution in [2.75, 3.05) is 0 Å². The third-order valence-corrected chi connectivity index (χ3v) is 7.89. The van der Waals surface area contributed by atoms with Gasteiger partial charge in [-0.25, -0.2) is 0 Å². The molecular formula is C15H20Ti. The molecular weight excluding hydrogens is 228 g/mol. The van der Waals surface area contributed by atoms with Gasteiger partial charge in [-0.05, 0) is 0 Å². The molecule has 2 rings (SSSR count). The minimum atomic E-state index is -1.26. The van der Waals surface area contributed by atoms with Crippen LogP contribution >= 0.6 is 0 Å². The van der Waals surface area contributed by atoms with Crippen LogP contribution in [0.2, 0.25) is 0 Å². The van der Waals surface area contributed by atoms with Gasteiger partial charge in [0.15, 0.2) is 0 Å². The van der Waals surface area contributed by atoms with Crippen LogP contribution in [-0.4, -0.2) is 3.81 Å². The Hall–Kier alpha value is -0.456. The van der Waals surface area contributed by atoms with Gasteiger partial charge in [0.25, 0.3) is 0 Å². The van der Waals surface area contributed by atoms with Gasteiger partial charge in [0, 0.05) is 0 Å². The van der Waals surface area contributed by atoms with Crippen LogP contribution in [0.3, 0.4) is 0 Å². The molecule has 2 aliphatic rings. The first-order valence-electron chi connectivity index (χ1n) is 6.01. The SMILES string of the molecule is CC1=CC[C]([Ti]([C]2=CC(C)=CC2)=[C](C)C)=C1. The molecule has 2 aliphatic carbocycles. The van der Waals surface area contributed by atoms with E-state index in [9.17, 15) is 0 Å². The number of hydrogen-bond acceptors (Lipinski definition) is 0. The Morgan fingerprint density at radius 3 is 1.62 bits per heavy atom. The maximum absolute atomic E-state index is 2.44.